The van der Waals surface area contributed by atoms with Gasteiger partial charge in [-0.2, -0.15) is 13.2 Å². The molecular weight excluding hydrogens is 309 g/mol. The van der Waals surface area contributed by atoms with Crippen LogP contribution in [0.2, 0.25) is 0 Å². The zero-order valence-corrected chi connectivity index (χ0v) is 12.3. The Kier molecular flexibility index (Phi) is 5.10. The van der Waals surface area contributed by atoms with E-state index in [1.54, 1.807) is 31.4 Å². The van der Waals surface area contributed by atoms with Crippen molar-refractivity contribution in [1.29, 1.82) is 0 Å². The Morgan fingerprint density at radius 3 is 2.17 bits per heavy atom. The zero-order chi connectivity index (χ0) is 16.9. The lowest BCUT2D eigenvalue weighted by atomic mass is 10.2. The first-order chi connectivity index (χ1) is 10.9. The molecule has 2 aromatic carbocycles. The lowest BCUT2D eigenvalue weighted by Gasteiger charge is -2.10. The van der Waals surface area contributed by atoms with Crippen molar-refractivity contribution in [3.63, 3.8) is 0 Å². The van der Waals surface area contributed by atoms with Gasteiger partial charge in [0.2, 0.25) is 0 Å². The number of benzene rings is 2. The van der Waals surface area contributed by atoms with Crippen molar-refractivity contribution in [3.8, 4) is 5.75 Å². The van der Waals surface area contributed by atoms with E-state index in [2.05, 4.69) is 10.6 Å². The van der Waals surface area contributed by atoms with Gasteiger partial charge in [-0.15, -0.1) is 0 Å². The quantitative estimate of drug-likeness (QED) is 0.892. The predicted octanol–water partition coefficient (Wildman–Crippen LogP) is 4.04. The van der Waals surface area contributed by atoms with E-state index in [9.17, 15) is 18.0 Å². The van der Waals surface area contributed by atoms with Crippen molar-refractivity contribution in [3.05, 3.63) is 59.7 Å². The summed E-state index contributed by atoms with van der Waals surface area (Å²) in [6.07, 6.45) is -4.39. The summed E-state index contributed by atoms with van der Waals surface area (Å²) in [5.41, 5.74) is 0.389. The van der Waals surface area contributed by atoms with Gasteiger partial charge in [-0.25, -0.2) is 4.79 Å². The summed E-state index contributed by atoms with van der Waals surface area (Å²) in [6.45, 7) is 0.288. The first-order valence-electron chi connectivity index (χ1n) is 6.73. The number of amides is 2. The molecule has 2 amide bonds. The second-order valence-corrected chi connectivity index (χ2v) is 4.73. The van der Waals surface area contributed by atoms with Gasteiger partial charge < -0.3 is 15.4 Å². The monoisotopic (exact) mass is 324 g/mol. The first-order valence-corrected chi connectivity index (χ1v) is 6.73. The number of anilines is 1. The van der Waals surface area contributed by atoms with E-state index in [1.165, 1.54) is 12.1 Å². The molecule has 0 fully saturated rings. The third kappa shape index (κ3) is 4.91. The van der Waals surface area contributed by atoms with Gasteiger partial charge in [0.25, 0.3) is 0 Å². The Bertz CT molecular complexity index is 653. The third-order valence-corrected chi connectivity index (χ3v) is 3.08. The van der Waals surface area contributed by atoms with E-state index in [4.69, 9.17) is 4.74 Å². The molecule has 0 bridgehead atoms. The van der Waals surface area contributed by atoms with Crippen molar-refractivity contribution in [1.82, 2.24) is 5.32 Å². The molecule has 0 aliphatic rings. The van der Waals surface area contributed by atoms with Crippen LogP contribution in [0.25, 0.3) is 0 Å². The maximum absolute atomic E-state index is 12.4. The molecule has 0 atom stereocenters. The molecule has 0 radical (unpaired) electrons. The molecule has 23 heavy (non-hydrogen) atoms. The molecule has 2 rings (SSSR count). The summed E-state index contributed by atoms with van der Waals surface area (Å²) >= 11 is 0. The lowest BCUT2D eigenvalue weighted by Crippen LogP contribution is -2.28. The molecular formula is C16H15F3N2O2. The Labute approximate surface area is 131 Å². The summed E-state index contributed by atoms with van der Waals surface area (Å²) in [7, 11) is 1.56. The minimum Gasteiger partial charge on any atom is -0.497 e. The van der Waals surface area contributed by atoms with Gasteiger partial charge in [0.05, 0.1) is 12.7 Å². The molecule has 0 aliphatic carbocycles. The summed E-state index contributed by atoms with van der Waals surface area (Å²) in [4.78, 5) is 11.7. The van der Waals surface area contributed by atoms with Gasteiger partial charge in [-0.3, -0.25) is 0 Å². The SMILES string of the molecule is COc1ccc(CNC(=O)Nc2ccc(C(F)(F)F)cc2)cc1. The number of hydrogen-bond acceptors (Lipinski definition) is 2. The highest BCUT2D eigenvalue weighted by Gasteiger charge is 2.29. The number of ether oxygens (including phenoxy) is 1. The van der Waals surface area contributed by atoms with E-state index in [0.29, 0.717) is 5.75 Å². The van der Waals surface area contributed by atoms with Crippen molar-refractivity contribution >= 4 is 11.7 Å². The highest BCUT2D eigenvalue weighted by Crippen LogP contribution is 2.29. The molecule has 0 saturated carbocycles. The van der Waals surface area contributed by atoms with Crippen LogP contribution in [0.1, 0.15) is 11.1 Å². The van der Waals surface area contributed by atoms with Gasteiger partial charge in [0, 0.05) is 12.2 Å². The number of halogens is 3. The van der Waals surface area contributed by atoms with Gasteiger partial charge in [-0.1, -0.05) is 12.1 Å². The summed E-state index contributed by atoms with van der Waals surface area (Å²) in [5, 5.41) is 5.09. The Morgan fingerprint density at radius 1 is 1.04 bits per heavy atom. The number of alkyl halides is 3. The molecule has 2 N–H and O–H groups in total. The second-order valence-electron chi connectivity index (χ2n) is 4.73. The molecule has 0 aliphatic heterocycles. The van der Waals surface area contributed by atoms with Crippen LogP contribution < -0.4 is 15.4 Å². The number of rotatable bonds is 4. The molecule has 0 saturated heterocycles. The van der Waals surface area contributed by atoms with Crippen molar-refractivity contribution in [2.75, 3.05) is 12.4 Å². The largest absolute Gasteiger partial charge is 0.497 e. The Hall–Kier alpha value is -2.70. The molecule has 4 nitrogen and oxygen atoms in total. The smallest absolute Gasteiger partial charge is 0.416 e. The van der Waals surface area contributed by atoms with Crippen LogP contribution in [0.4, 0.5) is 23.7 Å². The van der Waals surface area contributed by atoms with E-state index < -0.39 is 17.8 Å². The highest BCUT2D eigenvalue weighted by molar-refractivity contribution is 5.89. The molecule has 0 aromatic heterocycles. The van der Waals surface area contributed by atoms with Crippen LogP contribution in [0, 0.1) is 0 Å². The second kappa shape index (κ2) is 7.04. The van der Waals surface area contributed by atoms with Crippen LogP contribution in [0.5, 0.6) is 5.75 Å². The van der Waals surface area contributed by atoms with Crippen molar-refractivity contribution in [2.24, 2.45) is 0 Å². The standard InChI is InChI=1S/C16H15F3N2O2/c1-23-14-8-2-11(3-9-14)10-20-15(22)21-13-6-4-12(5-7-13)16(17,18)19/h2-9H,10H2,1H3,(H2,20,21,22). The average Bonchev–Trinajstić information content (AvgIpc) is 2.53. The normalized spacial score (nSPS) is 11.0. The van der Waals surface area contributed by atoms with Crippen LogP contribution in [-0.2, 0) is 12.7 Å². The molecule has 0 spiro atoms. The van der Waals surface area contributed by atoms with Crippen molar-refractivity contribution in [2.45, 2.75) is 12.7 Å². The number of nitrogens with one attached hydrogen (secondary N) is 2. The number of hydrogen-bond donors (Lipinski definition) is 2. The molecule has 0 unspecified atom stereocenters. The van der Waals surface area contributed by atoms with Crippen LogP contribution in [0.3, 0.4) is 0 Å². The Morgan fingerprint density at radius 2 is 1.65 bits per heavy atom. The summed E-state index contributed by atoms with van der Waals surface area (Å²) in [5.74, 6) is 0.711. The van der Waals surface area contributed by atoms with E-state index in [-0.39, 0.29) is 12.2 Å². The van der Waals surface area contributed by atoms with Gasteiger partial charge >= 0.3 is 12.2 Å². The minimum atomic E-state index is -4.39. The van der Waals surface area contributed by atoms with E-state index in [1.807, 2.05) is 0 Å². The highest BCUT2D eigenvalue weighted by atomic mass is 19.4. The maximum Gasteiger partial charge on any atom is 0.416 e. The van der Waals surface area contributed by atoms with Gasteiger partial charge in [-0.05, 0) is 42.0 Å². The summed E-state index contributed by atoms with van der Waals surface area (Å²) in [6, 6.07) is 10.9. The van der Waals surface area contributed by atoms with Crippen LogP contribution >= 0.6 is 0 Å². The molecule has 0 heterocycles. The lowest BCUT2D eigenvalue weighted by molar-refractivity contribution is -0.137. The fourth-order valence-corrected chi connectivity index (χ4v) is 1.84. The average molecular weight is 324 g/mol. The Balaban J connectivity index is 1.86. The number of carbonyl (C=O) groups excluding carboxylic acids is 1. The zero-order valence-electron chi connectivity index (χ0n) is 12.3. The number of urea groups is 1. The number of methoxy groups -OCH3 is 1. The summed E-state index contributed by atoms with van der Waals surface area (Å²) < 4.78 is 42.3. The maximum atomic E-state index is 12.4. The molecule has 7 heteroatoms. The fraction of sp³-hybridized carbons (Fsp3) is 0.188. The topological polar surface area (TPSA) is 50.4 Å². The van der Waals surface area contributed by atoms with Gasteiger partial charge in [0.15, 0.2) is 0 Å². The van der Waals surface area contributed by atoms with E-state index in [0.717, 1.165) is 17.7 Å². The first kappa shape index (κ1) is 16.7. The fourth-order valence-electron chi connectivity index (χ4n) is 1.84. The van der Waals surface area contributed by atoms with E-state index >= 15 is 0 Å². The number of carbonyl (C=O) groups is 1. The molecule has 2 aromatic rings. The third-order valence-electron chi connectivity index (χ3n) is 3.08. The van der Waals surface area contributed by atoms with Crippen molar-refractivity contribution < 1.29 is 22.7 Å². The van der Waals surface area contributed by atoms with Crippen LogP contribution in [0.15, 0.2) is 48.5 Å². The van der Waals surface area contributed by atoms with Gasteiger partial charge in [0.1, 0.15) is 5.75 Å². The predicted molar refractivity (Wildman–Crippen MR) is 80.3 cm³/mol. The molecule has 122 valence electrons. The minimum absolute atomic E-state index is 0.283. The van der Waals surface area contributed by atoms with Crippen LogP contribution in [-0.4, -0.2) is 13.1 Å².